The Morgan fingerprint density at radius 1 is 1.09 bits per heavy atom. The lowest BCUT2D eigenvalue weighted by molar-refractivity contribution is -0.116. The number of H-pyrrole nitrogens is 1. The van der Waals surface area contributed by atoms with Crippen LogP contribution in [0, 0.1) is 25.2 Å². The molecule has 4 rings (SSSR count). The van der Waals surface area contributed by atoms with E-state index >= 15 is 0 Å². The van der Waals surface area contributed by atoms with Crippen LogP contribution in [0.3, 0.4) is 0 Å². The molecule has 4 aromatic rings. The van der Waals surface area contributed by atoms with Gasteiger partial charge in [-0.05, 0) is 43.5 Å². The fraction of sp³-hybridized carbons (Fsp3) is 0.154. The maximum absolute atomic E-state index is 12.9. The molecule has 1 amide bonds. The van der Waals surface area contributed by atoms with Gasteiger partial charge in [0.15, 0.2) is 0 Å². The van der Waals surface area contributed by atoms with Gasteiger partial charge in [0, 0.05) is 23.7 Å². The van der Waals surface area contributed by atoms with Crippen molar-refractivity contribution in [3.63, 3.8) is 0 Å². The number of aryl methyl sites for hydroxylation is 1. The number of para-hydroxylation sites is 1. The molecule has 0 bridgehead atoms. The molecule has 0 spiro atoms. The molecular formula is C26H23N5O2. The van der Waals surface area contributed by atoms with Crippen LogP contribution in [0.15, 0.2) is 71.5 Å². The predicted molar refractivity (Wildman–Crippen MR) is 127 cm³/mol. The van der Waals surface area contributed by atoms with Crippen LogP contribution in [0.5, 0.6) is 0 Å². The summed E-state index contributed by atoms with van der Waals surface area (Å²) in [4.78, 5) is 27.5. The number of carbonyl (C=O) groups excluding carboxylic acids is 1. The van der Waals surface area contributed by atoms with Crippen LogP contribution in [-0.2, 0) is 11.2 Å². The summed E-state index contributed by atoms with van der Waals surface area (Å²) in [6.07, 6.45) is 0.596. The average Bonchev–Trinajstić information content (AvgIpc) is 3.24. The van der Waals surface area contributed by atoms with Crippen LogP contribution in [-0.4, -0.2) is 20.7 Å². The lowest BCUT2D eigenvalue weighted by Crippen LogP contribution is -2.19. The Hall–Kier alpha value is -4.44. The van der Waals surface area contributed by atoms with E-state index in [9.17, 15) is 14.9 Å². The number of hydrogen-bond donors (Lipinski definition) is 2. The molecule has 0 aliphatic heterocycles. The van der Waals surface area contributed by atoms with E-state index in [0.717, 1.165) is 22.5 Å². The second-order valence-electron chi connectivity index (χ2n) is 7.75. The molecular weight excluding hydrogens is 414 g/mol. The summed E-state index contributed by atoms with van der Waals surface area (Å²) < 4.78 is 1.71. The molecule has 0 aliphatic rings. The summed E-state index contributed by atoms with van der Waals surface area (Å²) >= 11 is 0. The molecule has 33 heavy (non-hydrogen) atoms. The maximum atomic E-state index is 12.9. The number of benzene rings is 2. The van der Waals surface area contributed by atoms with Gasteiger partial charge in [-0.3, -0.25) is 9.59 Å². The Kier molecular flexibility index (Phi) is 6.18. The van der Waals surface area contributed by atoms with Crippen molar-refractivity contribution in [2.45, 2.75) is 26.7 Å². The van der Waals surface area contributed by atoms with Gasteiger partial charge in [-0.25, -0.2) is 4.68 Å². The number of anilines is 1. The number of pyridine rings is 1. The number of carbonyl (C=O) groups is 1. The predicted octanol–water partition coefficient (Wildman–Crippen LogP) is 4.29. The Bertz CT molecular complexity index is 1400. The third-order valence-corrected chi connectivity index (χ3v) is 5.57. The summed E-state index contributed by atoms with van der Waals surface area (Å²) in [5.41, 5.74) is 4.32. The first-order valence-corrected chi connectivity index (χ1v) is 10.6. The Morgan fingerprint density at radius 2 is 1.76 bits per heavy atom. The Balaban J connectivity index is 1.59. The smallest absolute Gasteiger partial charge is 0.266 e. The quantitative estimate of drug-likeness (QED) is 0.470. The number of nitrogens with one attached hydrogen (secondary N) is 2. The molecule has 7 heteroatoms. The van der Waals surface area contributed by atoms with Gasteiger partial charge >= 0.3 is 0 Å². The largest absolute Gasteiger partial charge is 0.325 e. The van der Waals surface area contributed by atoms with Crippen LogP contribution in [0.1, 0.15) is 28.8 Å². The van der Waals surface area contributed by atoms with E-state index in [1.165, 1.54) is 0 Å². The first kappa shape index (κ1) is 21.8. The highest BCUT2D eigenvalue weighted by molar-refractivity contribution is 5.91. The van der Waals surface area contributed by atoms with Gasteiger partial charge < -0.3 is 10.3 Å². The van der Waals surface area contributed by atoms with E-state index in [0.29, 0.717) is 23.5 Å². The van der Waals surface area contributed by atoms with Gasteiger partial charge in [0.25, 0.3) is 5.56 Å². The number of amides is 1. The van der Waals surface area contributed by atoms with Crippen molar-refractivity contribution >= 4 is 11.7 Å². The van der Waals surface area contributed by atoms with E-state index in [1.54, 1.807) is 18.5 Å². The van der Waals surface area contributed by atoms with Crippen molar-refractivity contribution in [2.24, 2.45) is 0 Å². The molecule has 0 radical (unpaired) electrons. The zero-order chi connectivity index (χ0) is 23.4. The molecule has 0 atom stereocenters. The zero-order valence-corrected chi connectivity index (χ0v) is 18.4. The van der Waals surface area contributed by atoms with E-state index in [1.807, 2.05) is 72.8 Å². The van der Waals surface area contributed by atoms with Crippen molar-refractivity contribution in [3.8, 4) is 23.0 Å². The van der Waals surface area contributed by atoms with Crippen LogP contribution in [0.4, 0.5) is 5.82 Å². The Labute approximate surface area is 191 Å². The van der Waals surface area contributed by atoms with Crippen molar-refractivity contribution in [3.05, 3.63) is 99.5 Å². The number of aromatic amines is 1. The van der Waals surface area contributed by atoms with Gasteiger partial charge in [0.05, 0.1) is 11.4 Å². The molecule has 2 N–H and O–H groups in total. The molecule has 0 aliphatic carbocycles. The average molecular weight is 438 g/mol. The number of aromatic nitrogens is 3. The van der Waals surface area contributed by atoms with Gasteiger partial charge in [0.2, 0.25) is 5.91 Å². The third-order valence-electron chi connectivity index (χ3n) is 5.57. The maximum Gasteiger partial charge on any atom is 0.266 e. The lowest BCUT2D eigenvalue weighted by atomic mass is 9.99. The van der Waals surface area contributed by atoms with Gasteiger partial charge in [-0.2, -0.15) is 10.4 Å². The van der Waals surface area contributed by atoms with Crippen molar-refractivity contribution < 1.29 is 4.79 Å². The van der Waals surface area contributed by atoms with Crippen LogP contribution >= 0.6 is 0 Å². The standard InChI is InChI=1S/C26H23N5O2/c1-17-21(18(2)28-26(33)22(17)16-27)13-14-25(32)29-24-15-23(19-9-5-3-6-10-19)30-31(24)20-11-7-4-8-12-20/h3-12,15H,13-14H2,1-2H3,(H,28,33)(H,29,32). The van der Waals surface area contributed by atoms with Crippen molar-refractivity contribution in [2.75, 3.05) is 5.32 Å². The molecule has 2 aromatic heterocycles. The molecule has 0 saturated carbocycles. The zero-order valence-electron chi connectivity index (χ0n) is 18.4. The van der Waals surface area contributed by atoms with E-state index in [4.69, 9.17) is 5.10 Å². The number of nitrogens with zero attached hydrogens (tertiary/aromatic N) is 3. The fourth-order valence-electron chi connectivity index (χ4n) is 3.85. The van der Waals surface area contributed by atoms with Crippen LogP contribution in [0.2, 0.25) is 0 Å². The molecule has 0 fully saturated rings. The second kappa shape index (κ2) is 9.37. The number of hydrogen-bond acceptors (Lipinski definition) is 4. The van der Waals surface area contributed by atoms with Gasteiger partial charge in [-0.1, -0.05) is 48.5 Å². The molecule has 2 aromatic carbocycles. The monoisotopic (exact) mass is 437 g/mol. The highest BCUT2D eigenvalue weighted by atomic mass is 16.1. The molecule has 0 unspecified atom stereocenters. The number of rotatable bonds is 6. The first-order chi connectivity index (χ1) is 16.0. The fourth-order valence-corrected chi connectivity index (χ4v) is 3.85. The summed E-state index contributed by atoms with van der Waals surface area (Å²) in [5.74, 6) is 0.382. The molecule has 0 saturated heterocycles. The van der Waals surface area contributed by atoms with Gasteiger partial charge in [-0.15, -0.1) is 0 Å². The molecule has 7 nitrogen and oxygen atoms in total. The van der Waals surface area contributed by atoms with Crippen molar-refractivity contribution in [1.29, 1.82) is 5.26 Å². The highest BCUT2D eigenvalue weighted by Crippen LogP contribution is 2.25. The van der Waals surface area contributed by atoms with E-state index in [-0.39, 0.29) is 17.9 Å². The highest BCUT2D eigenvalue weighted by Gasteiger charge is 2.16. The lowest BCUT2D eigenvalue weighted by Gasteiger charge is -2.12. The van der Waals surface area contributed by atoms with E-state index in [2.05, 4.69) is 10.3 Å². The van der Waals surface area contributed by atoms with Gasteiger partial charge in [0.1, 0.15) is 17.5 Å². The minimum atomic E-state index is -0.402. The molecule has 164 valence electrons. The Morgan fingerprint density at radius 3 is 2.42 bits per heavy atom. The summed E-state index contributed by atoms with van der Waals surface area (Å²) in [6.45, 7) is 3.52. The SMILES string of the molecule is Cc1[nH]c(=O)c(C#N)c(C)c1CCC(=O)Nc1cc(-c2ccccc2)nn1-c1ccccc1. The minimum absolute atomic E-state index is 0.0886. The first-order valence-electron chi connectivity index (χ1n) is 10.6. The minimum Gasteiger partial charge on any atom is -0.325 e. The normalized spacial score (nSPS) is 10.6. The summed E-state index contributed by atoms with van der Waals surface area (Å²) in [5, 5.41) is 16.9. The number of nitriles is 1. The molecule has 2 heterocycles. The van der Waals surface area contributed by atoms with Crippen LogP contribution < -0.4 is 10.9 Å². The topological polar surface area (TPSA) is 104 Å². The third kappa shape index (κ3) is 4.60. The summed E-state index contributed by atoms with van der Waals surface area (Å²) in [6, 6.07) is 23.2. The van der Waals surface area contributed by atoms with Crippen LogP contribution in [0.25, 0.3) is 16.9 Å². The second-order valence-corrected chi connectivity index (χ2v) is 7.75. The van der Waals surface area contributed by atoms with Crippen molar-refractivity contribution in [1.82, 2.24) is 14.8 Å². The summed E-state index contributed by atoms with van der Waals surface area (Å²) in [7, 11) is 0. The van der Waals surface area contributed by atoms with E-state index < -0.39 is 5.56 Å².